The molecule has 2 unspecified atom stereocenters. The van der Waals surface area contributed by atoms with Crippen LogP contribution in [-0.4, -0.2) is 23.3 Å². The van der Waals surface area contributed by atoms with Crippen molar-refractivity contribution in [2.24, 2.45) is 11.8 Å². The molecule has 110 valence electrons. The highest BCUT2D eigenvalue weighted by Crippen LogP contribution is 2.37. The molecule has 0 N–H and O–H groups in total. The zero-order valence-corrected chi connectivity index (χ0v) is 12.8. The van der Waals surface area contributed by atoms with Crippen LogP contribution in [0.5, 0.6) is 0 Å². The van der Waals surface area contributed by atoms with E-state index in [9.17, 15) is 9.59 Å². The molecule has 1 aromatic rings. The Morgan fingerprint density at radius 1 is 1.14 bits per heavy atom. The summed E-state index contributed by atoms with van der Waals surface area (Å²) in [7, 11) is 0. The van der Waals surface area contributed by atoms with Crippen LogP contribution in [0, 0.1) is 11.8 Å². The lowest BCUT2D eigenvalue weighted by Gasteiger charge is -2.19. The van der Waals surface area contributed by atoms with E-state index in [1.807, 2.05) is 31.2 Å². The number of hydrogen-bond acceptors (Lipinski definition) is 2. The number of rotatable bonds is 3. The van der Waals surface area contributed by atoms with Crippen molar-refractivity contribution in [1.82, 2.24) is 4.90 Å². The molecule has 0 radical (unpaired) electrons. The fraction of sp³-hybridized carbons (Fsp3) is 0.412. The maximum Gasteiger partial charge on any atom is 0.233 e. The third-order valence-electron chi connectivity index (χ3n) is 4.45. The molecule has 0 aromatic heterocycles. The minimum Gasteiger partial charge on any atom is -0.282 e. The van der Waals surface area contributed by atoms with Gasteiger partial charge in [0, 0.05) is 11.6 Å². The predicted octanol–water partition coefficient (Wildman–Crippen LogP) is 3.22. The van der Waals surface area contributed by atoms with Gasteiger partial charge in [0.1, 0.15) is 0 Å². The Hall–Kier alpha value is -1.61. The van der Waals surface area contributed by atoms with Crippen molar-refractivity contribution in [1.29, 1.82) is 0 Å². The SMILES string of the molecule is CC1=CCC2C(=O)N(CCc3ccc(Cl)cc3)C(=O)C2C1. The average Bonchev–Trinajstić information content (AvgIpc) is 2.70. The van der Waals surface area contributed by atoms with Crippen molar-refractivity contribution in [3.63, 3.8) is 0 Å². The van der Waals surface area contributed by atoms with Gasteiger partial charge in [-0.2, -0.15) is 0 Å². The molecule has 1 saturated heterocycles. The fourth-order valence-electron chi connectivity index (χ4n) is 3.22. The molecule has 1 aromatic carbocycles. The molecule has 2 atom stereocenters. The normalized spacial score (nSPS) is 25.0. The highest BCUT2D eigenvalue weighted by molar-refractivity contribution is 6.30. The lowest BCUT2D eigenvalue weighted by atomic mass is 9.82. The van der Waals surface area contributed by atoms with Gasteiger partial charge in [-0.1, -0.05) is 35.4 Å². The maximum atomic E-state index is 12.4. The number of carbonyl (C=O) groups excluding carboxylic acids is 2. The number of benzene rings is 1. The second kappa shape index (κ2) is 5.64. The van der Waals surface area contributed by atoms with E-state index >= 15 is 0 Å². The summed E-state index contributed by atoms with van der Waals surface area (Å²) in [6.07, 6.45) is 4.21. The molecule has 21 heavy (non-hydrogen) atoms. The molecule has 1 heterocycles. The van der Waals surface area contributed by atoms with Crippen LogP contribution in [0.4, 0.5) is 0 Å². The van der Waals surface area contributed by atoms with Crippen LogP contribution in [0.25, 0.3) is 0 Å². The summed E-state index contributed by atoms with van der Waals surface area (Å²) in [6.45, 7) is 2.50. The largest absolute Gasteiger partial charge is 0.282 e. The summed E-state index contributed by atoms with van der Waals surface area (Å²) in [6, 6.07) is 7.54. The summed E-state index contributed by atoms with van der Waals surface area (Å²) in [4.78, 5) is 26.3. The molecule has 4 heteroatoms. The van der Waals surface area contributed by atoms with Gasteiger partial charge < -0.3 is 0 Å². The van der Waals surface area contributed by atoms with Crippen LogP contribution in [0.15, 0.2) is 35.9 Å². The number of fused-ring (bicyclic) bond motifs is 1. The number of halogens is 1. The van der Waals surface area contributed by atoms with Gasteiger partial charge in [-0.3, -0.25) is 14.5 Å². The van der Waals surface area contributed by atoms with Crippen LogP contribution >= 0.6 is 11.6 Å². The predicted molar refractivity (Wildman–Crippen MR) is 81.8 cm³/mol. The summed E-state index contributed by atoms with van der Waals surface area (Å²) < 4.78 is 0. The van der Waals surface area contributed by atoms with Crippen molar-refractivity contribution in [3.05, 3.63) is 46.5 Å². The van der Waals surface area contributed by atoms with Gasteiger partial charge in [0.15, 0.2) is 0 Å². The number of nitrogens with zero attached hydrogens (tertiary/aromatic N) is 1. The minimum atomic E-state index is -0.133. The molecular weight excluding hydrogens is 286 g/mol. The second-order valence-electron chi connectivity index (χ2n) is 5.91. The zero-order valence-electron chi connectivity index (χ0n) is 12.0. The van der Waals surface area contributed by atoms with Gasteiger partial charge in [-0.15, -0.1) is 0 Å². The molecular formula is C17H18ClNO2. The fourth-order valence-corrected chi connectivity index (χ4v) is 3.34. The monoisotopic (exact) mass is 303 g/mol. The number of likely N-dealkylation sites (tertiary alicyclic amines) is 1. The van der Waals surface area contributed by atoms with E-state index in [-0.39, 0.29) is 23.7 Å². The Morgan fingerprint density at radius 2 is 1.81 bits per heavy atom. The molecule has 1 aliphatic heterocycles. The van der Waals surface area contributed by atoms with Crippen molar-refractivity contribution >= 4 is 23.4 Å². The van der Waals surface area contributed by atoms with Gasteiger partial charge in [0.2, 0.25) is 11.8 Å². The highest BCUT2D eigenvalue weighted by atomic mass is 35.5. The third-order valence-corrected chi connectivity index (χ3v) is 4.70. The number of carbonyl (C=O) groups is 2. The van der Waals surface area contributed by atoms with E-state index in [4.69, 9.17) is 11.6 Å². The third kappa shape index (κ3) is 2.75. The number of hydrogen-bond donors (Lipinski definition) is 0. The molecule has 3 nitrogen and oxygen atoms in total. The van der Waals surface area contributed by atoms with E-state index in [1.54, 1.807) is 0 Å². The van der Waals surface area contributed by atoms with Crippen molar-refractivity contribution < 1.29 is 9.59 Å². The van der Waals surface area contributed by atoms with E-state index in [2.05, 4.69) is 6.08 Å². The van der Waals surface area contributed by atoms with E-state index in [0.717, 1.165) is 12.0 Å². The highest BCUT2D eigenvalue weighted by Gasteiger charge is 2.47. The molecule has 0 spiro atoms. The summed E-state index contributed by atoms with van der Waals surface area (Å²) in [5.41, 5.74) is 2.31. The Morgan fingerprint density at radius 3 is 2.52 bits per heavy atom. The van der Waals surface area contributed by atoms with Crippen LogP contribution in [-0.2, 0) is 16.0 Å². The van der Waals surface area contributed by atoms with Crippen molar-refractivity contribution in [2.75, 3.05) is 6.54 Å². The Balaban J connectivity index is 1.68. The molecule has 0 saturated carbocycles. The average molecular weight is 304 g/mol. The lowest BCUT2D eigenvalue weighted by Crippen LogP contribution is -2.33. The summed E-state index contributed by atoms with van der Waals surface area (Å²) >= 11 is 5.86. The van der Waals surface area contributed by atoms with Crippen LogP contribution in [0.2, 0.25) is 5.02 Å². The number of imide groups is 1. The molecule has 2 aliphatic rings. The number of amides is 2. The Labute approximate surface area is 129 Å². The first-order valence-electron chi connectivity index (χ1n) is 7.31. The Kier molecular flexibility index (Phi) is 3.85. The molecule has 0 bridgehead atoms. The smallest absolute Gasteiger partial charge is 0.233 e. The second-order valence-corrected chi connectivity index (χ2v) is 6.34. The molecule has 1 fully saturated rings. The first kappa shape index (κ1) is 14.3. The van der Waals surface area contributed by atoms with Crippen LogP contribution in [0.3, 0.4) is 0 Å². The zero-order chi connectivity index (χ0) is 15.0. The minimum absolute atomic E-state index is 0.00251. The lowest BCUT2D eigenvalue weighted by molar-refractivity contribution is -0.139. The van der Waals surface area contributed by atoms with E-state index in [1.165, 1.54) is 10.5 Å². The first-order chi connectivity index (χ1) is 10.1. The van der Waals surface area contributed by atoms with E-state index in [0.29, 0.717) is 24.4 Å². The maximum absolute atomic E-state index is 12.4. The van der Waals surface area contributed by atoms with Crippen molar-refractivity contribution in [3.8, 4) is 0 Å². The van der Waals surface area contributed by atoms with Gasteiger partial charge >= 0.3 is 0 Å². The van der Waals surface area contributed by atoms with Gasteiger partial charge in [0.25, 0.3) is 0 Å². The van der Waals surface area contributed by atoms with Crippen LogP contribution in [0.1, 0.15) is 25.3 Å². The quantitative estimate of drug-likeness (QED) is 0.635. The van der Waals surface area contributed by atoms with Gasteiger partial charge in [-0.25, -0.2) is 0 Å². The van der Waals surface area contributed by atoms with Crippen molar-refractivity contribution in [2.45, 2.75) is 26.2 Å². The summed E-state index contributed by atoms with van der Waals surface area (Å²) in [5, 5.41) is 0.694. The topological polar surface area (TPSA) is 37.4 Å². The standard InChI is InChI=1S/C17H18ClNO2/c1-11-2-7-14-15(10-11)17(21)19(16(14)20)9-8-12-3-5-13(18)6-4-12/h2-6,14-15H,7-10H2,1H3. The van der Waals surface area contributed by atoms with Gasteiger partial charge in [0.05, 0.1) is 11.8 Å². The first-order valence-corrected chi connectivity index (χ1v) is 7.69. The Bertz CT molecular complexity index is 606. The van der Waals surface area contributed by atoms with Crippen LogP contribution < -0.4 is 0 Å². The van der Waals surface area contributed by atoms with E-state index < -0.39 is 0 Å². The molecule has 3 rings (SSSR count). The van der Waals surface area contributed by atoms with Gasteiger partial charge in [-0.05, 0) is 43.9 Å². The molecule has 2 amide bonds. The summed E-state index contributed by atoms with van der Waals surface area (Å²) in [5.74, 6) is -0.256. The molecule has 1 aliphatic carbocycles. The number of allylic oxidation sites excluding steroid dienone is 2.